The summed E-state index contributed by atoms with van der Waals surface area (Å²) in [5.74, 6) is -11.5. The Morgan fingerprint density at radius 2 is 1.43 bits per heavy atom. The Bertz CT molecular complexity index is 1470. The predicted molar refractivity (Wildman–Crippen MR) is 136 cm³/mol. The first-order valence-electron chi connectivity index (χ1n) is 13.3. The Hall–Kier alpha value is -3.78. The summed E-state index contributed by atoms with van der Waals surface area (Å²) in [7, 11) is 0. The highest BCUT2D eigenvalue weighted by molar-refractivity contribution is 5.65. The Kier molecular flexibility index (Phi) is 10.5. The van der Waals surface area contributed by atoms with Crippen LogP contribution in [0.2, 0.25) is 0 Å². The Morgan fingerprint density at radius 3 is 1.98 bits per heavy atom. The molecule has 1 aliphatic heterocycles. The summed E-state index contributed by atoms with van der Waals surface area (Å²) >= 11 is 0. The normalized spacial score (nSPS) is 17.0. The first-order valence-corrected chi connectivity index (χ1v) is 13.3. The van der Waals surface area contributed by atoms with Gasteiger partial charge in [0.25, 0.3) is 0 Å². The molecule has 1 saturated heterocycles. The Morgan fingerprint density at radius 1 is 0.818 bits per heavy atom. The molecule has 1 aliphatic rings. The minimum atomic E-state index is -4.89. The monoisotopic (exact) mass is 638 g/mol. The van der Waals surface area contributed by atoms with E-state index < -0.39 is 76.2 Å². The van der Waals surface area contributed by atoms with Crippen LogP contribution in [0.3, 0.4) is 0 Å². The number of ether oxygens (including phenoxy) is 4. The van der Waals surface area contributed by atoms with Crippen LogP contribution in [-0.4, -0.2) is 13.2 Å². The number of rotatable bonds is 11. The lowest BCUT2D eigenvalue weighted by Gasteiger charge is -2.29. The summed E-state index contributed by atoms with van der Waals surface area (Å²) in [4.78, 5) is 0. The average molecular weight is 638 g/mol. The van der Waals surface area contributed by atoms with E-state index in [2.05, 4.69) is 16.4 Å². The van der Waals surface area contributed by atoms with Gasteiger partial charge in [0.1, 0.15) is 28.8 Å². The van der Waals surface area contributed by atoms with Gasteiger partial charge in [0.15, 0.2) is 17.9 Å². The number of benzene rings is 3. The van der Waals surface area contributed by atoms with Gasteiger partial charge in [0, 0.05) is 29.2 Å². The van der Waals surface area contributed by atoms with E-state index in [0.29, 0.717) is 30.9 Å². The van der Waals surface area contributed by atoms with E-state index in [4.69, 9.17) is 9.47 Å². The molecule has 0 aliphatic carbocycles. The van der Waals surface area contributed by atoms with E-state index in [-0.39, 0.29) is 23.6 Å². The third-order valence-electron chi connectivity index (χ3n) is 6.65. The van der Waals surface area contributed by atoms with Crippen LogP contribution in [-0.2, 0) is 15.6 Å². The highest BCUT2D eigenvalue weighted by Crippen LogP contribution is 2.39. The maximum absolute atomic E-state index is 15.0. The molecule has 238 valence electrons. The van der Waals surface area contributed by atoms with E-state index in [9.17, 15) is 39.5 Å². The quantitative estimate of drug-likeness (QED) is 0.119. The predicted octanol–water partition coefficient (Wildman–Crippen LogP) is 9.83. The SMILES string of the molecule is CCCCCC1COC(c2ccc(-c3cc(F)c(C(F)(F)Oc4cc(F)c(OC(F)=C(F)F)c(F)c4)c(F)c3)c(F)c2)OC1. The zero-order valence-corrected chi connectivity index (χ0v) is 22.9. The average Bonchev–Trinajstić information content (AvgIpc) is 2.94. The molecule has 0 unspecified atom stereocenters. The number of halogens is 10. The summed E-state index contributed by atoms with van der Waals surface area (Å²) in [5, 5.41) is 0. The molecule has 3 aromatic rings. The van der Waals surface area contributed by atoms with Gasteiger partial charge in [0.05, 0.1) is 13.2 Å². The fraction of sp³-hybridized carbons (Fsp3) is 0.333. The maximum atomic E-state index is 15.0. The lowest BCUT2D eigenvalue weighted by molar-refractivity contribution is -0.206. The fourth-order valence-corrected chi connectivity index (χ4v) is 4.52. The molecule has 0 atom stereocenters. The second kappa shape index (κ2) is 13.9. The summed E-state index contributed by atoms with van der Waals surface area (Å²) in [6.07, 6.45) is -4.72. The zero-order valence-electron chi connectivity index (χ0n) is 22.9. The van der Waals surface area contributed by atoms with Gasteiger partial charge < -0.3 is 18.9 Å². The lowest BCUT2D eigenvalue weighted by atomic mass is 9.99. The molecule has 0 radical (unpaired) electrons. The molecule has 0 spiro atoms. The topological polar surface area (TPSA) is 36.9 Å². The van der Waals surface area contributed by atoms with Crippen molar-refractivity contribution in [3.05, 3.63) is 94.8 Å². The number of hydrogen-bond acceptors (Lipinski definition) is 4. The van der Waals surface area contributed by atoms with Gasteiger partial charge >= 0.3 is 18.2 Å². The first kappa shape index (κ1) is 33.1. The van der Waals surface area contributed by atoms with E-state index in [1.807, 2.05) is 0 Å². The fourth-order valence-electron chi connectivity index (χ4n) is 4.52. The van der Waals surface area contributed by atoms with Crippen molar-refractivity contribution in [3.63, 3.8) is 0 Å². The summed E-state index contributed by atoms with van der Waals surface area (Å²) in [6.45, 7) is 2.89. The van der Waals surface area contributed by atoms with E-state index in [1.165, 1.54) is 6.07 Å². The van der Waals surface area contributed by atoms with Crippen LogP contribution in [0.25, 0.3) is 11.1 Å². The van der Waals surface area contributed by atoms with Gasteiger partial charge in [-0.15, -0.1) is 0 Å². The van der Waals surface area contributed by atoms with Gasteiger partial charge in [-0.3, -0.25) is 0 Å². The largest absolute Gasteiger partial charge is 0.432 e. The number of alkyl halides is 2. The summed E-state index contributed by atoms with van der Waals surface area (Å²) < 4.78 is 159. The van der Waals surface area contributed by atoms with Crippen molar-refractivity contribution in [1.29, 1.82) is 0 Å². The molecule has 1 fully saturated rings. The molecule has 4 rings (SSSR count). The zero-order chi connectivity index (χ0) is 32.2. The van der Waals surface area contributed by atoms with Gasteiger partial charge in [0.2, 0.25) is 5.75 Å². The number of unbranched alkanes of at least 4 members (excludes halogenated alkanes) is 2. The van der Waals surface area contributed by atoms with Crippen molar-refractivity contribution in [2.75, 3.05) is 13.2 Å². The minimum Gasteiger partial charge on any atom is -0.429 e. The summed E-state index contributed by atoms with van der Waals surface area (Å²) in [6, 6.07) is 1.71. The molecule has 0 bridgehead atoms. The third kappa shape index (κ3) is 7.65. The van der Waals surface area contributed by atoms with E-state index in [1.54, 1.807) is 0 Å². The van der Waals surface area contributed by atoms with Crippen LogP contribution in [0, 0.1) is 35.0 Å². The molecular formula is C30H24F10O4. The molecule has 4 nitrogen and oxygen atoms in total. The van der Waals surface area contributed by atoms with Crippen LogP contribution in [0.5, 0.6) is 11.5 Å². The third-order valence-corrected chi connectivity index (χ3v) is 6.65. The second-order valence-corrected chi connectivity index (χ2v) is 9.89. The number of hydrogen-bond donors (Lipinski definition) is 0. The van der Waals surface area contributed by atoms with Gasteiger partial charge in [-0.05, 0) is 30.2 Å². The summed E-state index contributed by atoms with van der Waals surface area (Å²) in [5.41, 5.74) is -2.49. The molecule has 0 N–H and O–H groups in total. The van der Waals surface area contributed by atoms with Crippen LogP contribution >= 0.6 is 0 Å². The molecule has 0 aromatic heterocycles. The minimum absolute atomic E-state index is 0.0107. The highest BCUT2D eigenvalue weighted by atomic mass is 19.3. The van der Waals surface area contributed by atoms with Crippen LogP contribution in [0.15, 0.2) is 54.6 Å². The Balaban J connectivity index is 1.51. The van der Waals surface area contributed by atoms with E-state index in [0.717, 1.165) is 37.8 Å². The van der Waals surface area contributed by atoms with Crippen molar-refractivity contribution in [2.24, 2.45) is 5.92 Å². The van der Waals surface area contributed by atoms with Gasteiger partial charge in [-0.25, -0.2) is 22.0 Å². The Labute approximate surface area is 244 Å². The molecule has 0 saturated carbocycles. The molecule has 1 heterocycles. The molecular weight excluding hydrogens is 614 g/mol. The highest BCUT2D eigenvalue weighted by Gasteiger charge is 2.42. The van der Waals surface area contributed by atoms with Crippen molar-refractivity contribution in [2.45, 2.75) is 45.0 Å². The van der Waals surface area contributed by atoms with Crippen LogP contribution < -0.4 is 9.47 Å². The van der Waals surface area contributed by atoms with Gasteiger partial charge in [-0.1, -0.05) is 38.3 Å². The van der Waals surface area contributed by atoms with Crippen molar-refractivity contribution >= 4 is 0 Å². The smallest absolute Gasteiger partial charge is 0.429 e. The molecule has 3 aromatic carbocycles. The van der Waals surface area contributed by atoms with Crippen LogP contribution in [0.4, 0.5) is 43.9 Å². The van der Waals surface area contributed by atoms with E-state index >= 15 is 4.39 Å². The maximum Gasteiger partial charge on any atom is 0.432 e. The molecule has 44 heavy (non-hydrogen) atoms. The standard InChI is InChI=1S/C30H24F10O4/c1-2-3-4-5-15-13-41-29(42-14-15)16-6-7-19(20(31)8-16)17-9-21(32)25(22(33)10-17)30(39,40)44-18-11-23(34)26(24(35)12-18)43-28(38)27(36)37/h6-12,15,29H,2-5,13-14H2,1H3. The van der Waals surface area contributed by atoms with Crippen molar-refractivity contribution in [3.8, 4) is 22.6 Å². The first-order chi connectivity index (χ1) is 20.8. The van der Waals surface area contributed by atoms with Crippen molar-refractivity contribution in [1.82, 2.24) is 0 Å². The molecule has 14 heteroatoms. The van der Waals surface area contributed by atoms with Crippen LogP contribution in [0.1, 0.15) is 50.0 Å². The second-order valence-electron chi connectivity index (χ2n) is 9.89. The van der Waals surface area contributed by atoms with Crippen molar-refractivity contribution < 1.29 is 62.9 Å². The van der Waals surface area contributed by atoms with Gasteiger partial charge in [-0.2, -0.15) is 22.0 Å². The lowest BCUT2D eigenvalue weighted by Crippen LogP contribution is -2.27. The molecule has 0 amide bonds.